The molecule has 1 fully saturated rings. The summed E-state index contributed by atoms with van der Waals surface area (Å²) in [6.07, 6.45) is 3.00. The van der Waals surface area contributed by atoms with E-state index < -0.39 is 0 Å². The van der Waals surface area contributed by atoms with Crippen LogP contribution < -0.4 is 11.1 Å². The molecule has 0 saturated heterocycles. The highest BCUT2D eigenvalue weighted by molar-refractivity contribution is 5.79. The molecule has 0 aliphatic heterocycles. The van der Waals surface area contributed by atoms with Crippen molar-refractivity contribution in [3.05, 3.63) is 0 Å². The smallest absolute Gasteiger partial charge is 0.223 e. The minimum atomic E-state index is 0.0997. The van der Waals surface area contributed by atoms with Gasteiger partial charge in [-0.1, -0.05) is 34.1 Å². The molecule has 1 rings (SSSR count). The molecule has 1 aliphatic carbocycles. The number of hydrogen-bond acceptors (Lipinski definition) is 2. The summed E-state index contributed by atoms with van der Waals surface area (Å²) in [5, 5.41) is 3.17. The molecule has 0 aromatic heterocycles. The molecule has 18 heavy (non-hydrogen) atoms. The fourth-order valence-corrected chi connectivity index (χ4v) is 2.88. The Morgan fingerprint density at radius 3 is 2.44 bits per heavy atom. The van der Waals surface area contributed by atoms with Crippen molar-refractivity contribution in [1.29, 1.82) is 0 Å². The van der Waals surface area contributed by atoms with Gasteiger partial charge in [0, 0.05) is 18.0 Å². The quantitative estimate of drug-likeness (QED) is 0.810. The van der Waals surface area contributed by atoms with E-state index in [9.17, 15) is 4.79 Å². The number of nitrogens with one attached hydrogen (secondary N) is 1. The van der Waals surface area contributed by atoms with Crippen LogP contribution in [0.3, 0.4) is 0 Å². The Morgan fingerprint density at radius 2 is 1.89 bits per heavy atom. The molecule has 106 valence electrons. The van der Waals surface area contributed by atoms with Crippen LogP contribution in [0.25, 0.3) is 0 Å². The molecule has 0 aromatic rings. The lowest BCUT2D eigenvalue weighted by Crippen LogP contribution is -2.48. The van der Waals surface area contributed by atoms with Gasteiger partial charge in [-0.2, -0.15) is 0 Å². The predicted molar refractivity (Wildman–Crippen MR) is 76.1 cm³/mol. The van der Waals surface area contributed by atoms with Crippen LogP contribution in [0, 0.1) is 23.7 Å². The first-order chi connectivity index (χ1) is 8.36. The van der Waals surface area contributed by atoms with Crippen LogP contribution in [0.2, 0.25) is 0 Å². The summed E-state index contributed by atoms with van der Waals surface area (Å²) in [6, 6.07) is 0.432. The summed E-state index contributed by atoms with van der Waals surface area (Å²) in [5.74, 6) is 1.82. The highest BCUT2D eigenvalue weighted by Gasteiger charge is 2.35. The van der Waals surface area contributed by atoms with E-state index in [1.54, 1.807) is 0 Å². The summed E-state index contributed by atoms with van der Waals surface area (Å²) in [6.45, 7) is 10.8. The average molecular weight is 254 g/mol. The first-order valence-electron chi connectivity index (χ1n) is 7.42. The molecular weight excluding hydrogens is 224 g/mol. The molecule has 3 N–H and O–H groups in total. The summed E-state index contributed by atoms with van der Waals surface area (Å²) in [5.41, 5.74) is 6.11. The Bertz CT molecular complexity index is 280. The van der Waals surface area contributed by atoms with Crippen molar-refractivity contribution in [3.8, 4) is 0 Å². The number of hydrogen-bond donors (Lipinski definition) is 2. The Labute approximate surface area is 112 Å². The van der Waals surface area contributed by atoms with Crippen molar-refractivity contribution in [2.45, 2.75) is 66.0 Å². The third-order valence-corrected chi connectivity index (χ3v) is 4.89. The van der Waals surface area contributed by atoms with Gasteiger partial charge in [-0.05, 0) is 37.5 Å². The molecule has 1 aliphatic rings. The zero-order valence-electron chi connectivity index (χ0n) is 12.6. The molecule has 1 saturated carbocycles. The molecule has 0 radical (unpaired) electrons. The zero-order valence-corrected chi connectivity index (χ0v) is 12.6. The van der Waals surface area contributed by atoms with Crippen LogP contribution in [0.5, 0.6) is 0 Å². The van der Waals surface area contributed by atoms with Crippen LogP contribution in [0.1, 0.15) is 53.9 Å². The second-order valence-corrected chi connectivity index (χ2v) is 6.38. The summed E-state index contributed by atoms with van der Waals surface area (Å²) in [7, 11) is 0. The van der Waals surface area contributed by atoms with Crippen LogP contribution >= 0.6 is 0 Å². The molecular formula is C15H30N2O. The monoisotopic (exact) mass is 254 g/mol. The van der Waals surface area contributed by atoms with E-state index in [2.05, 4.69) is 39.9 Å². The van der Waals surface area contributed by atoms with Crippen molar-refractivity contribution in [2.24, 2.45) is 29.4 Å². The third kappa shape index (κ3) is 3.71. The van der Waals surface area contributed by atoms with E-state index in [1.165, 1.54) is 0 Å². The van der Waals surface area contributed by atoms with E-state index in [0.29, 0.717) is 17.8 Å². The lowest BCUT2D eigenvalue weighted by molar-refractivity contribution is -0.129. The molecule has 0 aromatic carbocycles. The molecule has 1 amide bonds. The van der Waals surface area contributed by atoms with Gasteiger partial charge in [-0.15, -0.1) is 0 Å². The maximum Gasteiger partial charge on any atom is 0.223 e. The topological polar surface area (TPSA) is 55.1 Å². The van der Waals surface area contributed by atoms with Crippen LogP contribution in [0.15, 0.2) is 0 Å². The number of amides is 1. The second kappa shape index (κ2) is 6.55. The third-order valence-electron chi connectivity index (χ3n) is 4.89. The first kappa shape index (κ1) is 15.5. The number of carbonyl (C=O) groups is 1. The normalized spacial score (nSPS) is 35.9. The number of rotatable bonds is 4. The zero-order chi connectivity index (χ0) is 13.9. The maximum absolute atomic E-state index is 12.3. The molecule has 6 unspecified atom stereocenters. The maximum atomic E-state index is 12.3. The molecule has 6 atom stereocenters. The second-order valence-electron chi connectivity index (χ2n) is 6.38. The van der Waals surface area contributed by atoms with Crippen LogP contribution in [-0.4, -0.2) is 18.0 Å². The van der Waals surface area contributed by atoms with Gasteiger partial charge in [-0.3, -0.25) is 4.79 Å². The van der Waals surface area contributed by atoms with Gasteiger partial charge in [0.15, 0.2) is 0 Å². The molecule has 0 spiro atoms. The largest absolute Gasteiger partial charge is 0.353 e. The number of carbonyl (C=O) groups excluding carboxylic acids is 1. The van der Waals surface area contributed by atoms with Gasteiger partial charge in [0.25, 0.3) is 0 Å². The molecule has 0 bridgehead atoms. The summed E-state index contributed by atoms with van der Waals surface area (Å²) in [4.78, 5) is 12.3. The molecule has 3 nitrogen and oxygen atoms in total. The Morgan fingerprint density at radius 1 is 1.28 bits per heavy atom. The van der Waals surface area contributed by atoms with Crippen molar-refractivity contribution in [1.82, 2.24) is 5.32 Å². The van der Waals surface area contributed by atoms with Crippen molar-refractivity contribution in [2.75, 3.05) is 0 Å². The van der Waals surface area contributed by atoms with Crippen molar-refractivity contribution in [3.63, 3.8) is 0 Å². The van der Waals surface area contributed by atoms with Gasteiger partial charge < -0.3 is 11.1 Å². The van der Waals surface area contributed by atoms with Gasteiger partial charge in [-0.25, -0.2) is 0 Å². The SMILES string of the molecule is CCC(C)C(C)NC(=O)C1CC(N)C(C)CC1C. The molecule has 0 heterocycles. The van der Waals surface area contributed by atoms with Crippen molar-refractivity contribution < 1.29 is 4.79 Å². The van der Waals surface area contributed by atoms with Gasteiger partial charge in [0.2, 0.25) is 5.91 Å². The first-order valence-corrected chi connectivity index (χ1v) is 7.42. The van der Waals surface area contributed by atoms with Crippen molar-refractivity contribution >= 4 is 5.91 Å². The fourth-order valence-electron chi connectivity index (χ4n) is 2.88. The van der Waals surface area contributed by atoms with Crippen LogP contribution in [0.4, 0.5) is 0 Å². The summed E-state index contributed by atoms with van der Waals surface area (Å²) >= 11 is 0. The lowest BCUT2D eigenvalue weighted by atomic mass is 9.72. The molecule has 3 heteroatoms. The lowest BCUT2D eigenvalue weighted by Gasteiger charge is -2.37. The fraction of sp³-hybridized carbons (Fsp3) is 0.933. The highest BCUT2D eigenvalue weighted by atomic mass is 16.2. The van der Waals surface area contributed by atoms with E-state index >= 15 is 0 Å². The van der Waals surface area contributed by atoms with E-state index in [1.807, 2.05) is 0 Å². The van der Waals surface area contributed by atoms with Gasteiger partial charge in [0.1, 0.15) is 0 Å². The Kier molecular flexibility index (Phi) is 5.64. The van der Waals surface area contributed by atoms with E-state index in [0.717, 1.165) is 19.3 Å². The minimum absolute atomic E-state index is 0.0997. The highest BCUT2D eigenvalue weighted by Crippen LogP contribution is 2.33. The van der Waals surface area contributed by atoms with Crippen LogP contribution in [-0.2, 0) is 4.79 Å². The Balaban J connectivity index is 2.56. The van der Waals surface area contributed by atoms with Gasteiger partial charge in [0.05, 0.1) is 0 Å². The average Bonchev–Trinajstić information content (AvgIpc) is 2.32. The minimum Gasteiger partial charge on any atom is -0.353 e. The number of nitrogens with two attached hydrogens (primary N) is 1. The van der Waals surface area contributed by atoms with E-state index in [-0.39, 0.29) is 23.9 Å². The predicted octanol–water partition coefficient (Wildman–Crippen LogP) is 2.55. The standard InChI is InChI=1S/C15H30N2O/c1-6-9(2)12(5)17-15(18)13-8-14(16)11(4)7-10(13)3/h9-14H,6-8,16H2,1-5H3,(H,17,18). The van der Waals surface area contributed by atoms with Gasteiger partial charge >= 0.3 is 0 Å². The Hall–Kier alpha value is -0.570. The summed E-state index contributed by atoms with van der Waals surface area (Å²) < 4.78 is 0. The van der Waals surface area contributed by atoms with E-state index in [4.69, 9.17) is 5.73 Å².